The number of aryl methyl sites for hydroxylation is 1. The van der Waals surface area contributed by atoms with Crippen LogP contribution in [-0.2, 0) is 11.2 Å². The van der Waals surface area contributed by atoms with E-state index in [1.165, 1.54) is 6.39 Å². The number of nitrogens with zero attached hydrogens (tertiary/aromatic N) is 1. The lowest BCUT2D eigenvalue weighted by molar-refractivity contribution is -0.136. The van der Waals surface area contributed by atoms with Gasteiger partial charge < -0.3 is 14.3 Å². The average Bonchev–Trinajstić information content (AvgIpc) is 3.01. The van der Waals surface area contributed by atoms with Crippen molar-refractivity contribution in [3.63, 3.8) is 0 Å². The summed E-state index contributed by atoms with van der Waals surface area (Å²) in [4.78, 5) is 14.6. The van der Waals surface area contributed by atoms with Crippen molar-refractivity contribution >= 4 is 17.6 Å². The number of rotatable bonds is 6. The molecule has 3 aromatic rings. The molecule has 1 heterocycles. The second-order valence-electron chi connectivity index (χ2n) is 5.09. The van der Waals surface area contributed by atoms with Gasteiger partial charge in [-0.3, -0.25) is 4.79 Å². The van der Waals surface area contributed by atoms with Crippen molar-refractivity contribution in [2.24, 2.45) is 0 Å². The van der Waals surface area contributed by atoms with E-state index in [0.29, 0.717) is 16.5 Å². The summed E-state index contributed by atoms with van der Waals surface area (Å²) in [7, 11) is 0. The summed E-state index contributed by atoms with van der Waals surface area (Å²) in [5.74, 6) is -0.117. The van der Waals surface area contributed by atoms with Gasteiger partial charge in [0, 0.05) is 17.0 Å². The Bertz CT molecular complexity index is 842. The van der Waals surface area contributed by atoms with Crippen LogP contribution in [0.1, 0.15) is 12.1 Å². The van der Waals surface area contributed by atoms with Gasteiger partial charge in [-0.25, -0.2) is 4.98 Å². The summed E-state index contributed by atoms with van der Waals surface area (Å²) in [6.45, 7) is 0. The van der Waals surface area contributed by atoms with Crippen molar-refractivity contribution in [1.29, 1.82) is 0 Å². The topological polar surface area (TPSA) is 72.6 Å². The van der Waals surface area contributed by atoms with Crippen molar-refractivity contribution in [2.75, 3.05) is 0 Å². The Hall–Kier alpha value is -2.79. The molecular formula is C18H14ClNO4. The Balaban J connectivity index is 1.75. The normalized spacial score (nSPS) is 10.5. The van der Waals surface area contributed by atoms with E-state index in [1.807, 2.05) is 36.4 Å². The highest BCUT2D eigenvalue weighted by molar-refractivity contribution is 6.33. The lowest BCUT2D eigenvalue weighted by Gasteiger charge is -2.07. The number of benzene rings is 2. The van der Waals surface area contributed by atoms with Crippen LogP contribution in [-0.4, -0.2) is 16.1 Å². The lowest BCUT2D eigenvalue weighted by atomic mass is 10.1. The van der Waals surface area contributed by atoms with Crippen LogP contribution in [0.3, 0.4) is 0 Å². The highest BCUT2D eigenvalue weighted by Gasteiger charge is 2.13. The SMILES string of the molecule is O=C(O)CCc1ncoc1Oc1ccc(-c2ccccc2Cl)cc1. The number of oxazole rings is 1. The van der Waals surface area contributed by atoms with Crippen LogP contribution in [0.25, 0.3) is 11.1 Å². The number of aromatic nitrogens is 1. The van der Waals surface area contributed by atoms with Gasteiger partial charge in [-0.05, 0) is 23.8 Å². The van der Waals surface area contributed by atoms with Crippen molar-refractivity contribution in [2.45, 2.75) is 12.8 Å². The maximum absolute atomic E-state index is 10.7. The van der Waals surface area contributed by atoms with E-state index in [0.717, 1.165) is 11.1 Å². The van der Waals surface area contributed by atoms with Gasteiger partial charge in [-0.2, -0.15) is 0 Å². The Morgan fingerprint density at radius 3 is 2.62 bits per heavy atom. The van der Waals surface area contributed by atoms with Crippen molar-refractivity contribution in [1.82, 2.24) is 4.98 Å². The third-order valence-corrected chi connectivity index (χ3v) is 3.76. The molecule has 0 spiro atoms. The third kappa shape index (κ3) is 3.75. The van der Waals surface area contributed by atoms with Crippen molar-refractivity contribution < 1.29 is 19.1 Å². The first-order chi connectivity index (χ1) is 11.6. The molecule has 0 aliphatic rings. The minimum Gasteiger partial charge on any atom is -0.481 e. The molecule has 0 saturated heterocycles. The van der Waals surface area contributed by atoms with Gasteiger partial charge in [-0.15, -0.1) is 0 Å². The zero-order chi connectivity index (χ0) is 16.9. The number of hydrogen-bond donors (Lipinski definition) is 1. The summed E-state index contributed by atoms with van der Waals surface area (Å²) in [5, 5.41) is 9.42. The number of aliphatic carboxylic acids is 1. The van der Waals surface area contributed by atoms with Crippen LogP contribution in [0.4, 0.5) is 0 Å². The fourth-order valence-corrected chi connectivity index (χ4v) is 2.48. The second kappa shape index (κ2) is 7.19. The van der Waals surface area contributed by atoms with Gasteiger partial charge in [0.25, 0.3) is 0 Å². The number of carbonyl (C=O) groups is 1. The molecule has 3 rings (SSSR count). The molecule has 1 aromatic heterocycles. The van der Waals surface area contributed by atoms with E-state index in [4.69, 9.17) is 25.9 Å². The first-order valence-corrected chi connectivity index (χ1v) is 7.68. The van der Waals surface area contributed by atoms with E-state index in [-0.39, 0.29) is 18.8 Å². The third-order valence-electron chi connectivity index (χ3n) is 3.43. The summed E-state index contributed by atoms with van der Waals surface area (Å²) >= 11 is 6.19. The van der Waals surface area contributed by atoms with Crippen LogP contribution in [0.2, 0.25) is 5.02 Å². The number of carboxylic acids is 1. The minimum atomic E-state index is -0.895. The van der Waals surface area contributed by atoms with Crippen molar-refractivity contribution in [3.8, 4) is 22.8 Å². The smallest absolute Gasteiger partial charge is 0.313 e. The van der Waals surface area contributed by atoms with Crippen molar-refractivity contribution in [3.05, 3.63) is 65.6 Å². The lowest BCUT2D eigenvalue weighted by Crippen LogP contribution is -1.98. The predicted octanol–water partition coefficient (Wildman–Crippen LogP) is 4.80. The Morgan fingerprint density at radius 1 is 1.17 bits per heavy atom. The molecule has 1 N–H and O–H groups in total. The second-order valence-corrected chi connectivity index (χ2v) is 5.49. The number of halogens is 1. The van der Waals surface area contributed by atoms with Crippen LogP contribution in [0, 0.1) is 0 Å². The zero-order valence-electron chi connectivity index (χ0n) is 12.6. The molecule has 6 heteroatoms. The van der Waals surface area contributed by atoms with Crippen LogP contribution >= 0.6 is 11.6 Å². The fraction of sp³-hybridized carbons (Fsp3) is 0.111. The quantitative estimate of drug-likeness (QED) is 0.695. The molecule has 0 bridgehead atoms. The molecule has 5 nitrogen and oxygen atoms in total. The summed E-state index contributed by atoms with van der Waals surface area (Å²) in [5.41, 5.74) is 2.39. The highest BCUT2D eigenvalue weighted by atomic mass is 35.5. The van der Waals surface area contributed by atoms with Gasteiger partial charge >= 0.3 is 11.9 Å². The molecule has 0 saturated carbocycles. The number of carboxylic acid groups (broad SMARTS) is 1. The van der Waals surface area contributed by atoms with E-state index in [9.17, 15) is 4.79 Å². The summed E-state index contributed by atoms with van der Waals surface area (Å²) < 4.78 is 10.8. The largest absolute Gasteiger partial charge is 0.481 e. The summed E-state index contributed by atoms with van der Waals surface area (Å²) in [6, 6.07) is 15.0. The molecule has 0 aliphatic heterocycles. The maximum atomic E-state index is 10.7. The van der Waals surface area contributed by atoms with E-state index in [1.54, 1.807) is 12.1 Å². The van der Waals surface area contributed by atoms with Gasteiger partial charge in [0.1, 0.15) is 11.4 Å². The van der Waals surface area contributed by atoms with Gasteiger partial charge in [0.15, 0.2) is 6.39 Å². The van der Waals surface area contributed by atoms with E-state index < -0.39 is 5.97 Å². The molecule has 122 valence electrons. The zero-order valence-corrected chi connectivity index (χ0v) is 13.4. The average molecular weight is 344 g/mol. The van der Waals surface area contributed by atoms with E-state index >= 15 is 0 Å². The Kier molecular flexibility index (Phi) is 4.82. The molecule has 0 fully saturated rings. The molecule has 0 radical (unpaired) electrons. The standard InChI is InChI=1S/C18H14ClNO4/c19-15-4-2-1-3-14(15)12-5-7-13(8-6-12)24-18-16(20-11-23-18)9-10-17(21)22/h1-8,11H,9-10H2,(H,21,22). The molecule has 0 amide bonds. The molecule has 24 heavy (non-hydrogen) atoms. The molecule has 0 atom stereocenters. The molecular weight excluding hydrogens is 330 g/mol. The maximum Gasteiger partial charge on any atom is 0.313 e. The Labute approximate surface area is 143 Å². The first kappa shape index (κ1) is 16.1. The van der Waals surface area contributed by atoms with Gasteiger partial charge in [0.05, 0.1) is 6.42 Å². The predicted molar refractivity (Wildman–Crippen MR) is 89.4 cm³/mol. The van der Waals surface area contributed by atoms with E-state index in [2.05, 4.69) is 4.98 Å². The molecule has 0 aliphatic carbocycles. The Morgan fingerprint density at radius 2 is 1.92 bits per heavy atom. The van der Waals surface area contributed by atoms with Gasteiger partial charge in [0.2, 0.25) is 0 Å². The van der Waals surface area contributed by atoms with Gasteiger partial charge in [-0.1, -0.05) is 41.9 Å². The number of hydrogen-bond acceptors (Lipinski definition) is 4. The fourth-order valence-electron chi connectivity index (χ4n) is 2.24. The minimum absolute atomic E-state index is 0.0334. The van der Waals surface area contributed by atoms with Crippen LogP contribution in [0.5, 0.6) is 11.7 Å². The summed E-state index contributed by atoms with van der Waals surface area (Å²) in [6.07, 6.45) is 1.46. The highest BCUT2D eigenvalue weighted by Crippen LogP contribution is 2.31. The monoisotopic (exact) mass is 343 g/mol. The molecule has 2 aromatic carbocycles. The molecule has 0 unspecified atom stereocenters. The van der Waals surface area contributed by atoms with Crippen LogP contribution < -0.4 is 4.74 Å². The number of ether oxygens (including phenoxy) is 1. The first-order valence-electron chi connectivity index (χ1n) is 7.30. The van der Waals surface area contributed by atoms with Crippen LogP contribution in [0.15, 0.2) is 59.3 Å².